The maximum absolute atomic E-state index is 12.7. The summed E-state index contributed by atoms with van der Waals surface area (Å²) in [6, 6.07) is 5.42. The molecule has 4 rings (SSSR count). The van der Waals surface area contributed by atoms with Crippen LogP contribution in [-0.4, -0.2) is 55.9 Å². The van der Waals surface area contributed by atoms with Crippen LogP contribution < -0.4 is 14.4 Å². The Hall–Kier alpha value is -2.28. The van der Waals surface area contributed by atoms with Gasteiger partial charge in [-0.05, 0) is 19.1 Å². The number of hydrogen-bond acceptors (Lipinski definition) is 5. The molecule has 0 aliphatic carbocycles. The number of nitrogens with zero attached hydrogens (tertiary/aromatic N) is 2. The summed E-state index contributed by atoms with van der Waals surface area (Å²) < 4.78 is 16.1. The lowest BCUT2D eigenvalue weighted by Crippen LogP contribution is -2.47. The molecule has 1 aromatic rings. The van der Waals surface area contributed by atoms with E-state index in [4.69, 9.17) is 14.2 Å². The van der Waals surface area contributed by atoms with Crippen molar-refractivity contribution in [1.29, 1.82) is 0 Å². The van der Waals surface area contributed by atoms with E-state index in [9.17, 15) is 9.59 Å². The molecule has 0 bridgehead atoms. The number of carbonyl (C=O) groups is 2. The molecule has 0 spiro atoms. The Morgan fingerprint density at radius 2 is 2.04 bits per heavy atom. The summed E-state index contributed by atoms with van der Waals surface area (Å²) in [5, 5.41) is 0. The van der Waals surface area contributed by atoms with Crippen LogP contribution in [0.5, 0.6) is 11.5 Å². The summed E-state index contributed by atoms with van der Waals surface area (Å²) in [4.78, 5) is 28.6. The van der Waals surface area contributed by atoms with E-state index in [0.717, 1.165) is 5.69 Å². The monoisotopic (exact) mass is 332 g/mol. The first kappa shape index (κ1) is 15.3. The van der Waals surface area contributed by atoms with Gasteiger partial charge in [0.1, 0.15) is 0 Å². The molecule has 0 saturated carbocycles. The molecule has 7 nitrogen and oxygen atoms in total. The Kier molecular flexibility index (Phi) is 3.80. The number of hydrogen-bond donors (Lipinski definition) is 0. The van der Waals surface area contributed by atoms with Crippen LogP contribution in [0.2, 0.25) is 0 Å². The second-order valence-electron chi connectivity index (χ2n) is 6.41. The van der Waals surface area contributed by atoms with E-state index in [0.29, 0.717) is 37.7 Å². The van der Waals surface area contributed by atoms with Gasteiger partial charge in [0, 0.05) is 37.8 Å². The van der Waals surface area contributed by atoms with E-state index in [1.165, 1.54) is 0 Å². The summed E-state index contributed by atoms with van der Waals surface area (Å²) in [5.41, 5.74) is 0.745. The van der Waals surface area contributed by atoms with E-state index in [-0.39, 0.29) is 37.0 Å². The van der Waals surface area contributed by atoms with Crippen molar-refractivity contribution in [2.75, 3.05) is 37.9 Å². The lowest BCUT2D eigenvalue weighted by molar-refractivity contribution is -0.142. The predicted octanol–water partition coefficient (Wildman–Crippen LogP) is 1.02. The zero-order chi connectivity index (χ0) is 16.7. The van der Waals surface area contributed by atoms with Gasteiger partial charge in [0.2, 0.25) is 18.6 Å². The molecule has 0 aromatic heterocycles. The first-order chi connectivity index (χ1) is 11.6. The highest BCUT2D eigenvalue weighted by molar-refractivity contribution is 6.00. The second kappa shape index (κ2) is 5.98. The molecule has 1 aromatic carbocycles. The minimum Gasteiger partial charge on any atom is -0.454 e. The van der Waals surface area contributed by atoms with Gasteiger partial charge in [-0.2, -0.15) is 0 Å². The first-order valence-corrected chi connectivity index (χ1v) is 8.22. The Labute approximate surface area is 140 Å². The number of fused-ring (bicyclic) bond motifs is 1. The van der Waals surface area contributed by atoms with Gasteiger partial charge in [-0.3, -0.25) is 9.59 Å². The fraction of sp³-hybridized carbons (Fsp3) is 0.529. The van der Waals surface area contributed by atoms with Gasteiger partial charge >= 0.3 is 0 Å². The largest absolute Gasteiger partial charge is 0.454 e. The van der Waals surface area contributed by atoms with Gasteiger partial charge in [-0.1, -0.05) is 0 Å². The average molecular weight is 332 g/mol. The van der Waals surface area contributed by atoms with Crippen LogP contribution in [-0.2, 0) is 14.3 Å². The Balaban J connectivity index is 1.47. The van der Waals surface area contributed by atoms with Crippen LogP contribution in [0.4, 0.5) is 5.69 Å². The number of benzene rings is 1. The normalized spacial score (nSPS) is 26.1. The smallest absolute Gasteiger partial charge is 0.231 e. The topological polar surface area (TPSA) is 68.3 Å². The van der Waals surface area contributed by atoms with E-state index in [1.54, 1.807) is 17.0 Å². The molecular weight excluding hydrogens is 312 g/mol. The van der Waals surface area contributed by atoms with E-state index < -0.39 is 0 Å². The van der Waals surface area contributed by atoms with Crippen molar-refractivity contribution in [3.8, 4) is 11.5 Å². The Morgan fingerprint density at radius 3 is 2.88 bits per heavy atom. The molecule has 128 valence electrons. The molecule has 2 fully saturated rings. The Bertz CT molecular complexity index is 677. The van der Waals surface area contributed by atoms with Gasteiger partial charge in [0.05, 0.1) is 18.6 Å². The first-order valence-electron chi connectivity index (χ1n) is 8.22. The van der Waals surface area contributed by atoms with Crippen molar-refractivity contribution in [2.45, 2.75) is 19.4 Å². The number of amides is 2. The molecule has 3 aliphatic rings. The average Bonchev–Trinajstić information content (AvgIpc) is 3.19. The van der Waals surface area contributed by atoms with Crippen LogP contribution >= 0.6 is 0 Å². The highest BCUT2D eigenvalue weighted by Crippen LogP contribution is 2.37. The molecule has 24 heavy (non-hydrogen) atoms. The molecule has 2 amide bonds. The molecule has 3 aliphatic heterocycles. The number of morpholine rings is 1. The summed E-state index contributed by atoms with van der Waals surface area (Å²) >= 11 is 0. The highest BCUT2D eigenvalue weighted by atomic mass is 16.7. The number of anilines is 1. The maximum Gasteiger partial charge on any atom is 0.231 e. The highest BCUT2D eigenvalue weighted by Gasteiger charge is 2.38. The molecular formula is C17H20N2O5. The fourth-order valence-electron chi connectivity index (χ4n) is 3.45. The maximum atomic E-state index is 12.7. The van der Waals surface area contributed by atoms with Gasteiger partial charge in [-0.15, -0.1) is 0 Å². The zero-order valence-corrected chi connectivity index (χ0v) is 13.6. The number of rotatable bonds is 2. The Morgan fingerprint density at radius 1 is 1.21 bits per heavy atom. The third kappa shape index (κ3) is 2.69. The standard InChI is InChI=1S/C17H20N2O5/c1-11-8-18(4-5-22-11)17(21)12-6-16(20)19(9-12)13-2-3-14-15(7-13)24-10-23-14/h2-3,7,11-12H,4-6,8-10H2,1H3/t11-,12-/m0/s1. The number of carbonyl (C=O) groups excluding carboxylic acids is 2. The molecule has 2 saturated heterocycles. The lowest BCUT2D eigenvalue weighted by Gasteiger charge is -2.32. The third-order valence-corrected chi connectivity index (χ3v) is 4.69. The van der Waals surface area contributed by atoms with E-state index >= 15 is 0 Å². The van der Waals surface area contributed by atoms with E-state index in [2.05, 4.69) is 0 Å². The van der Waals surface area contributed by atoms with Crippen molar-refractivity contribution in [2.24, 2.45) is 5.92 Å². The van der Waals surface area contributed by atoms with Crippen molar-refractivity contribution in [3.63, 3.8) is 0 Å². The molecule has 0 radical (unpaired) electrons. The van der Waals surface area contributed by atoms with Crippen LogP contribution in [0.25, 0.3) is 0 Å². The third-order valence-electron chi connectivity index (χ3n) is 4.69. The minimum atomic E-state index is -0.298. The lowest BCUT2D eigenvalue weighted by atomic mass is 10.1. The van der Waals surface area contributed by atoms with E-state index in [1.807, 2.05) is 17.9 Å². The van der Waals surface area contributed by atoms with Crippen LogP contribution in [0.1, 0.15) is 13.3 Å². The molecule has 0 unspecified atom stereocenters. The summed E-state index contributed by atoms with van der Waals surface area (Å²) in [5.74, 6) is 1.03. The summed E-state index contributed by atoms with van der Waals surface area (Å²) in [6.07, 6.45) is 0.295. The molecule has 3 heterocycles. The second-order valence-corrected chi connectivity index (χ2v) is 6.41. The quantitative estimate of drug-likeness (QED) is 0.809. The minimum absolute atomic E-state index is 0.0338. The molecule has 0 N–H and O–H groups in total. The zero-order valence-electron chi connectivity index (χ0n) is 13.6. The van der Waals surface area contributed by atoms with Gasteiger partial charge < -0.3 is 24.0 Å². The van der Waals surface area contributed by atoms with Crippen LogP contribution in [0.3, 0.4) is 0 Å². The van der Waals surface area contributed by atoms with Gasteiger partial charge in [-0.25, -0.2) is 0 Å². The predicted molar refractivity (Wildman–Crippen MR) is 85.0 cm³/mol. The van der Waals surface area contributed by atoms with Crippen LogP contribution in [0, 0.1) is 5.92 Å². The van der Waals surface area contributed by atoms with Gasteiger partial charge in [0.25, 0.3) is 0 Å². The van der Waals surface area contributed by atoms with Crippen LogP contribution in [0.15, 0.2) is 18.2 Å². The SMILES string of the molecule is C[C@H]1CN(C(=O)[C@H]2CC(=O)N(c3ccc4c(c3)OCO4)C2)CCO1. The fourth-order valence-corrected chi connectivity index (χ4v) is 3.45. The molecule has 2 atom stereocenters. The summed E-state index contributed by atoms with van der Waals surface area (Å²) in [6.45, 7) is 4.30. The van der Waals surface area contributed by atoms with Crippen molar-refractivity contribution >= 4 is 17.5 Å². The summed E-state index contributed by atoms with van der Waals surface area (Å²) in [7, 11) is 0. The van der Waals surface area contributed by atoms with Crippen molar-refractivity contribution in [3.05, 3.63) is 18.2 Å². The number of ether oxygens (including phenoxy) is 3. The molecule has 7 heteroatoms. The van der Waals surface area contributed by atoms with Gasteiger partial charge in [0.15, 0.2) is 11.5 Å². The van der Waals surface area contributed by atoms with Crippen molar-refractivity contribution < 1.29 is 23.8 Å². The van der Waals surface area contributed by atoms with Crippen molar-refractivity contribution in [1.82, 2.24) is 4.90 Å².